The fourth-order valence-electron chi connectivity index (χ4n) is 1.44. The van der Waals surface area contributed by atoms with Crippen LogP contribution in [-0.4, -0.2) is 16.3 Å². The molecule has 0 bridgehead atoms. The Balaban J connectivity index is 2.67. The summed E-state index contributed by atoms with van der Waals surface area (Å²) in [6.45, 7) is 1.52. The molecule has 3 nitrogen and oxygen atoms in total. The van der Waals surface area contributed by atoms with Gasteiger partial charge in [-0.25, -0.2) is 9.97 Å². The summed E-state index contributed by atoms with van der Waals surface area (Å²) in [5, 5.41) is 0. The zero-order chi connectivity index (χ0) is 12.6. The summed E-state index contributed by atoms with van der Waals surface area (Å²) in [5.41, 5.74) is 0.0651. The van der Waals surface area contributed by atoms with E-state index in [0.717, 1.165) is 12.1 Å². The molecule has 2 rings (SSSR count). The van der Waals surface area contributed by atoms with Crippen LogP contribution in [0, 0.1) is 6.92 Å². The van der Waals surface area contributed by atoms with Crippen molar-refractivity contribution >= 4 is 17.3 Å². The molecule has 2 aromatic rings. The molecule has 0 aliphatic carbocycles. The summed E-state index contributed by atoms with van der Waals surface area (Å²) in [5.74, 6) is 0. The molecule has 6 heteroatoms. The van der Waals surface area contributed by atoms with Crippen LogP contribution in [0.3, 0.4) is 0 Å². The first-order valence-electron chi connectivity index (χ1n) is 4.72. The molecule has 0 fully saturated rings. The minimum absolute atomic E-state index is 0.128. The van der Waals surface area contributed by atoms with Crippen molar-refractivity contribution in [2.24, 2.45) is 0 Å². The zero-order valence-corrected chi connectivity index (χ0v) is 8.75. The highest BCUT2D eigenvalue weighted by molar-refractivity contribution is 5.81. The van der Waals surface area contributed by atoms with Gasteiger partial charge in [0.2, 0.25) is 0 Å². The van der Waals surface area contributed by atoms with Crippen LogP contribution in [0.15, 0.2) is 18.2 Å². The van der Waals surface area contributed by atoms with Gasteiger partial charge in [-0.05, 0) is 25.1 Å². The van der Waals surface area contributed by atoms with Gasteiger partial charge in [-0.1, -0.05) is 0 Å². The Labute approximate surface area is 94.3 Å². The van der Waals surface area contributed by atoms with E-state index in [4.69, 9.17) is 0 Å². The predicted octanol–water partition coefficient (Wildman–Crippen LogP) is 2.77. The number of hydrogen-bond donors (Lipinski definition) is 0. The summed E-state index contributed by atoms with van der Waals surface area (Å²) >= 11 is 0. The van der Waals surface area contributed by atoms with Gasteiger partial charge in [-0.2, -0.15) is 13.2 Å². The number of hydrogen-bond acceptors (Lipinski definition) is 3. The van der Waals surface area contributed by atoms with Crippen molar-refractivity contribution in [3.8, 4) is 0 Å². The third-order valence-corrected chi connectivity index (χ3v) is 2.31. The Hall–Kier alpha value is -1.98. The highest BCUT2D eigenvalue weighted by Gasteiger charge is 2.30. The molecule has 1 heterocycles. The number of halogens is 3. The van der Waals surface area contributed by atoms with Gasteiger partial charge in [0.1, 0.15) is 5.69 Å². The summed E-state index contributed by atoms with van der Waals surface area (Å²) in [7, 11) is 0. The van der Waals surface area contributed by atoms with Gasteiger partial charge in [-0.3, -0.25) is 4.79 Å². The predicted molar refractivity (Wildman–Crippen MR) is 54.7 cm³/mol. The van der Waals surface area contributed by atoms with Crippen LogP contribution in [0.5, 0.6) is 0 Å². The Kier molecular flexibility index (Phi) is 2.57. The number of rotatable bonds is 1. The van der Waals surface area contributed by atoms with E-state index in [2.05, 4.69) is 9.97 Å². The normalized spacial score (nSPS) is 11.8. The van der Waals surface area contributed by atoms with Crippen molar-refractivity contribution in [2.45, 2.75) is 13.1 Å². The molecule has 17 heavy (non-hydrogen) atoms. The number of aromatic nitrogens is 2. The monoisotopic (exact) mass is 240 g/mol. The average molecular weight is 240 g/mol. The largest absolute Gasteiger partial charge is 0.416 e. The minimum atomic E-state index is -4.41. The van der Waals surface area contributed by atoms with Crippen LogP contribution in [0.25, 0.3) is 11.0 Å². The maximum atomic E-state index is 12.5. The highest BCUT2D eigenvalue weighted by Crippen LogP contribution is 2.30. The molecule has 0 radical (unpaired) electrons. The Morgan fingerprint density at radius 1 is 1.18 bits per heavy atom. The first-order chi connectivity index (χ1) is 7.91. The fraction of sp³-hybridized carbons (Fsp3) is 0.182. The number of benzene rings is 1. The highest BCUT2D eigenvalue weighted by atomic mass is 19.4. The van der Waals surface area contributed by atoms with Crippen LogP contribution in [-0.2, 0) is 6.18 Å². The average Bonchev–Trinajstić information content (AvgIpc) is 2.26. The molecular formula is C11H7F3N2O. The molecule has 0 N–H and O–H groups in total. The molecule has 0 saturated carbocycles. The van der Waals surface area contributed by atoms with Crippen LogP contribution < -0.4 is 0 Å². The molecule has 1 aromatic carbocycles. The third-order valence-electron chi connectivity index (χ3n) is 2.31. The molecule has 0 spiro atoms. The van der Waals surface area contributed by atoms with Crippen molar-refractivity contribution in [3.63, 3.8) is 0 Å². The Bertz CT molecular complexity index is 593. The van der Waals surface area contributed by atoms with Gasteiger partial charge in [0.15, 0.2) is 6.29 Å². The minimum Gasteiger partial charge on any atom is -0.296 e. The summed E-state index contributed by atoms with van der Waals surface area (Å²) in [6, 6.07) is 3.04. The first-order valence-corrected chi connectivity index (χ1v) is 4.72. The van der Waals surface area contributed by atoms with Crippen LogP contribution in [0.4, 0.5) is 13.2 Å². The fourth-order valence-corrected chi connectivity index (χ4v) is 1.44. The molecule has 0 saturated heterocycles. The molecular weight excluding hydrogens is 233 g/mol. The van der Waals surface area contributed by atoms with Crippen LogP contribution in [0.2, 0.25) is 0 Å². The molecule has 88 valence electrons. The molecule has 0 unspecified atom stereocenters. The number of alkyl halides is 3. The second kappa shape index (κ2) is 3.80. The second-order valence-electron chi connectivity index (χ2n) is 3.51. The lowest BCUT2D eigenvalue weighted by molar-refractivity contribution is -0.137. The van der Waals surface area contributed by atoms with E-state index in [0.29, 0.717) is 12.0 Å². The quantitative estimate of drug-likeness (QED) is 0.720. The number of fused-ring (bicyclic) bond motifs is 1. The van der Waals surface area contributed by atoms with E-state index in [1.165, 1.54) is 13.0 Å². The van der Waals surface area contributed by atoms with Crippen molar-refractivity contribution in [2.75, 3.05) is 0 Å². The standard InChI is InChI=1S/C11H7F3N2O/c1-6-10(5-17)16-8-3-2-7(11(12,13)14)4-9(8)15-6/h2-5H,1H3. The molecule has 1 aromatic heterocycles. The smallest absolute Gasteiger partial charge is 0.296 e. The van der Waals surface area contributed by atoms with Gasteiger partial charge >= 0.3 is 6.18 Å². The number of aldehydes is 1. The van der Waals surface area contributed by atoms with Crippen molar-refractivity contribution < 1.29 is 18.0 Å². The van der Waals surface area contributed by atoms with Crippen molar-refractivity contribution in [1.82, 2.24) is 9.97 Å². The summed E-state index contributed by atoms with van der Waals surface area (Å²) in [6.07, 6.45) is -3.88. The topological polar surface area (TPSA) is 42.9 Å². The van der Waals surface area contributed by atoms with Crippen molar-refractivity contribution in [3.05, 3.63) is 35.2 Å². The van der Waals surface area contributed by atoms with E-state index in [-0.39, 0.29) is 16.7 Å². The van der Waals surface area contributed by atoms with Gasteiger partial charge in [0.25, 0.3) is 0 Å². The number of nitrogens with zero attached hydrogens (tertiary/aromatic N) is 2. The van der Waals surface area contributed by atoms with Crippen LogP contribution >= 0.6 is 0 Å². The van der Waals surface area contributed by atoms with Gasteiger partial charge in [-0.15, -0.1) is 0 Å². The molecule has 0 amide bonds. The van der Waals surface area contributed by atoms with E-state index in [1.807, 2.05) is 0 Å². The van der Waals surface area contributed by atoms with Gasteiger partial charge < -0.3 is 0 Å². The van der Waals surface area contributed by atoms with Crippen LogP contribution in [0.1, 0.15) is 21.7 Å². The molecule has 0 aliphatic rings. The van der Waals surface area contributed by atoms with Crippen molar-refractivity contribution in [1.29, 1.82) is 0 Å². The molecule has 0 aliphatic heterocycles. The van der Waals surface area contributed by atoms with E-state index < -0.39 is 11.7 Å². The lowest BCUT2D eigenvalue weighted by Crippen LogP contribution is -2.05. The van der Waals surface area contributed by atoms with Gasteiger partial charge in [0, 0.05) is 0 Å². The number of carbonyl (C=O) groups excluding carboxylic acids is 1. The summed E-state index contributed by atoms with van der Waals surface area (Å²) < 4.78 is 37.4. The molecule has 0 atom stereocenters. The lowest BCUT2D eigenvalue weighted by atomic mass is 10.2. The Morgan fingerprint density at radius 3 is 2.47 bits per heavy atom. The lowest BCUT2D eigenvalue weighted by Gasteiger charge is -2.07. The second-order valence-corrected chi connectivity index (χ2v) is 3.51. The summed E-state index contributed by atoms with van der Waals surface area (Å²) in [4.78, 5) is 18.5. The Morgan fingerprint density at radius 2 is 1.88 bits per heavy atom. The first kappa shape index (κ1) is 11.5. The van der Waals surface area contributed by atoms with E-state index in [9.17, 15) is 18.0 Å². The van der Waals surface area contributed by atoms with E-state index in [1.54, 1.807) is 0 Å². The maximum absolute atomic E-state index is 12.5. The SMILES string of the molecule is Cc1nc2cc(C(F)(F)F)ccc2nc1C=O. The maximum Gasteiger partial charge on any atom is 0.416 e. The third kappa shape index (κ3) is 2.11. The number of carbonyl (C=O) groups is 1. The zero-order valence-electron chi connectivity index (χ0n) is 8.75. The van der Waals surface area contributed by atoms with Gasteiger partial charge in [0.05, 0.1) is 22.3 Å². The number of aryl methyl sites for hydroxylation is 1. The van der Waals surface area contributed by atoms with E-state index >= 15 is 0 Å².